The molecule has 0 unspecified atom stereocenters. The zero-order valence-corrected chi connectivity index (χ0v) is 10.7. The number of hydrogen-bond donors (Lipinski definition) is 1. The van der Waals surface area contributed by atoms with Crippen LogP contribution in [-0.2, 0) is 10.0 Å². The molecule has 5 nitrogen and oxygen atoms in total. The van der Waals surface area contributed by atoms with Crippen molar-refractivity contribution in [3.63, 3.8) is 0 Å². The largest absolute Gasteiger partial charge is 0.384 e. The Morgan fingerprint density at radius 1 is 1.33 bits per heavy atom. The molecule has 18 heavy (non-hydrogen) atoms. The normalized spacial score (nSPS) is 15.9. The van der Waals surface area contributed by atoms with E-state index in [4.69, 9.17) is 11.0 Å². The van der Waals surface area contributed by atoms with Gasteiger partial charge in [-0.2, -0.15) is 5.26 Å². The Morgan fingerprint density at radius 2 is 1.94 bits per heavy atom. The van der Waals surface area contributed by atoms with Crippen molar-refractivity contribution in [3.05, 3.63) is 41.2 Å². The van der Waals surface area contributed by atoms with Gasteiger partial charge in [-0.3, -0.25) is 4.31 Å². The van der Waals surface area contributed by atoms with Gasteiger partial charge >= 0.3 is 0 Å². The van der Waals surface area contributed by atoms with E-state index in [1.165, 1.54) is 0 Å². The fourth-order valence-corrected chi connectivity index (χ4v) is 3.25. The molecule has 1 aromatic carbocycles. The maximum atomic E-state index is 12.3. The third-order valence-electron chi connectivity index (χ3n) is 2.89. The molecule has 2 rings (SSSR count). The van der Waals surface area contributed by atoms with Crippen LogP contribution < -0.4 is 5.73 Å². The van der Waals surface area contributed by atoms with E-state index in [9.17, 15) is 8.42 Å². The topological polar surface area (TPSA) is 87.2 Å². The minimum absolute atomic E-state index is 0.0399. The van der Waals surface area contributed by atoms with Gasteiger partial charge in [0.1, 0.15) is 5.82 Å². The van der Waals surface area contributed by atoms with Gasteiger partial charge in [0.2, 0.25) is 0 Å². The summed E-state index contributed by atoms with van der Waals surface area (Å²) in [5.74, 6) is 0.0399. The lowest BCUT2D eigenvalue weighted by Crippen LogP contribution is -2.31. The molecule has 94 valence electrons. The molecule has 0 bridgehead atoms. The third kappa shape index (κ3) is 1.93. The number of nitriles is 1. The lowest BCUT2D eigenvalue weighted by atomic mass is 10.2. The molecule has 0 fully saturated rings. The summed E-state index contributed by atoms with van der Waals surface area (Å²) in [5.41, 5.74) is 7.00. The van der Waals surface area contributed by atoms with Crippen molar-refractivity contribution in [2.75, 3.05) is 6.54 Å². The van der Waals surface area contributed by atoms with E-state index in [1.807, 2.05) is 13.0 Å². The standard InChI is InChI=1S/C12H13N3O2S/c1-9-2-4-11(5-3-9)18(16,17)15-7-6-10(8-13)12(15)14/h2-5H,6-7,14H2,1H3. The van der Waals surface area contributed by atoms with Gasteiger partial charge in [-0.25, -0.2) is 8.42 Å². The lowest BCUT2D eigenvalue weighted by molar-refractivity contribution is 0.497. The SMILES string of the molecule is Cc1ccc(S(=O)(=O)N2CCC(C#N)=C2N)cc1. The molecule has 0 radical (unpaired) electrons. The minimum atomic E-state index is -3.65. The van der Waals surface area contributed by atoms with Crippen LogP contribution >= 0.6 is 0 Å². The molecule has 1 aliphatic rings. The Bertz CT molecular complexity index is 639. The molecule has 1 aliphatic heterocycles. The summed E-state index contributed by atoms with van der Waals surface area (Å²) in [6.45, 7) is 2.11. The van der Waals surface area contributed by atoms with Crippen LogP contribution in [0.4, 0.5) is 0 Å². The van der Waals surface area contributed by atoms with Crippen molar-refractivity contribution in [1.82, 2.24) is 4.31 Å². The van der Waals surface area contributed by atoms with E-state index in [1.54, 1.807) is 24.3 Å². The minimum Gasteiger partial charge on any atom is -0.384 e. The predicted molar refractivity (Wildman–Crippen MR) is 66.5 cm³/mol. The highest BCUT2D eigenvalue weighted by Crippen LogP contribution is 2.26. The molecule has 0 aromatic heterocycles. The van der Waals surface area contributed by atoms with Gasteiger partial charge in [-0.05, 0) is 19.1 Å². The van der Waals surface area contributed by atoms with Gasteiger partial charge in [0.05, 0.1) is 16.5 Å². The molecule has 0 atom stereocenters. The summed E-state index contributed by atoms with van der Waals surface area (Å²) in [6, 6.07) is 8.47. The molecule has 0 amide bonds. The number of sulfonamides is 1. The Hall–Kier alpha value is -2.00. The van der Waals surface area contributed by atoms with Crippen LogP contribution in [0.25, 0.3) is 0 Å². The quantitative estimate of drug-likeness (QED) is 0.865. The summed E-state index contributed by atoms with van der Waals surface area (Å²) in [4.78, 5) is 0.190. The first-order valence-electron chi connectivity index (χ1n) is 5.45. The van der Waals surface area contributed by atoms with E-state index in [2.05, 4.69) is 0 Å². The number of benzene rings is 1. The summed E-state index contributed by atoms with van der Waals surface area (Å²) in [7, 11) is -3.65. The molecule has 6 heteroatoms. The van der Waals surface area contributed by atoms with Crippen molar-refractivity contribution >= 4 is 10.0 Å². The highest BCUT2D eigenvalue weighted by atomic mass is 32.2. The Kier molecular flexibility index (Phi) is 3.01. The Balaban J connectivity index is 2.43. The Morgan fingerprint density at radius 3 is 2.44 bits per heavy atom. The van der Waals surface area contributed by atoms with Gasteiger partial charge in [0, 0.05) is 13.0 Å². The first kappa shape index (κ1) is 12.5. The van der Waals surface area contributed by atoms with E-state index in [0.717, 1.165) is 9.87 Å². The van der Waals surface area contributed by atoms with Crippen LogP contribution in [0.2, 0.25) is 0 Å². The van der Waals surface area contributed by atoms with Crippen LogP contribution in [0.1, 0.15) is 12.0 Å². The summed E-state index contributed by atoms with van der Waals surface area (Å²) in [6.07, 6.45) is 0.368. The lowest BCUT2D eigenvalue weighted by Gasteiger charge is -2.19. The molecule has 0 spiro atoms. The third-order valence-corrected chi connectivity index (χ3v) is 4.71. The molecule has 2 N–H and O–H groups in total. The van der Waals surface area contributed by atoms with Crippen molar-refractivity contribution in [2.45, 2.75) is 18.2 Å². The summed E-state index contributed by atoms with van der Waals surface area (Å²) >= 11 is 0. The summed E-state index contributed by atoms with van der Waals surface area (Å²) < 4.78 is 25.7. The van der Waals surface area contributed by atoms with Gasteiger partial charge in [-0.15, -0.1) is 0 Å². The average molecular weight is 263 g/mol. The monoisotopic (exact) mass is 263 g/mol. The van der Waals surface area contributed by atoms with Crippen molar-refractivity contribution < 1.29 is 8.42 Å². The molecule has 0 saturated carbocycles. The predicted octanol–water partition coefficient (Wildman–Crippen LogP) is 1.08. The van der Waals surface area contributed by atoms with Crippen molar-refractivity contribution in [2.24, 2.45) is 5.73 Å². The second-order valence-corrected chi connectivity index (χ2v) is 5.98. The van der Waals surface area contributed by atoms with Crippen molar-refractivity contribution in [1.29, 1.82) is 5.26 Å². The molecule has 0 saturated heterocycles. The zero-order chi connectivity index (χ0) is 13.3. The van der Waals surface area contributed by atoms with Gasteiger partial charge < -0.3 is 5.73 Å². The fraction of sp³-hybridized carbons (Fsp3) is 0.250. The number of aryl methyl sites for hydroxylation is 1. The number of nitrogens with two attached hydrogens (primary N) is 1. The number of hydrogen-bond acceptors (Lipinski definition) is 4. The van der Waals surface area contributed by atoms with E-state index >= 15 is 0 Å². The van der Waals surface area contributed by atoms with E-state index in [0.29, 0.717) is 12.0 Å². The second-order valence-electron chi connectivity index (χ2n) is 4.12. The van der Waals surface area contributed by atoms with E-state index < -0.39 is 10.0 Å². The molecular weight excluding hydrogens is 250 g/mol. The first-order chi connectivity index (χ1) is 8.46. The fourth-order valence-electron chi connectivity index (χ4n) is 1.81. The smallest absolute Gasteiger partial charge is 0.265 e. The van der Waals surface area contributed by atoms with Gasteiger partial charge in [0.15, 0.2) is 0 Å². The summed E-state index contributed by atoms with van der Waals surface area (Å²) in [5, 5.41) is 8.82. The van der Waals surface area contributed by atoms with Crippen LogP contribution in [0.15, 0.2) is 40.6 Å². The first-order valence-corrected chi connectivity index (χ1v) is 6.89. The maximum absolute atomic E-state index is 12.3. The van der Waals surface area contributed by atoms with Crippen LogP contribution in [0.3, 0.4) is 0 Å². The second kappa shape index (κ2) is 4.35. The van der Waals surface area contributed by atoms with Gasteiger partial charge in [0.25, 0.3) is 10.0 Å². The number of nitrogens with zero attached hydrogens (tertiary/aromatic N) is 2. The molecular formula is C12H13N3O2S. The van der Waals surface area contributed by atoms with Gasteiger partial charge in [-0.1, -0.05) is 17.7 Å². The molecule has 1 aromatic rings. The zero-order valence-electron chi connectivity index (χ0n) is 9.92. The highest BCUT2D eigenvalue weighted by molar-refractivity contribution is 7.89. The molecule has 0 aliphatic carbocycles. The van der Waals surface area contributed by atoms with Crippen LogP contribution in [0.5, 0.6) is 0 Å². The van der Waals surface area contributed by atoms with Crippen LogP contribution in [0, 0.1) is 18.3 Å². The molecule has 1 heterocycles. The maximum Gasteiger partial charge on any atom is 0.265 e. The average Bonchev–Trinajstić information content (AvgIpc) is 2.71. The highest BCUT2D eigenvalue weighted by Gasteiger charge is 2.31. The Labute approximate surface area is 106 Å². The van der Waals surface area contributed by atoms with Crippen LogP contribution in [-0.4, -0.2) is 19.3 Å². The van der Waals surface area contributed by atoms with E-state index in [-0.39, 0.29) is 17.3 Å². The number of rotatable bonds is 2. The van der Waals surface area contributed by atoms with Crippen molar-refractivity contribution in [3.8, 4) is 6.07 Å².